The van der Waals surface area contributed by atoms with Gasteiger partial charge in [-0.2, -0.15) is 0 Å². The number of aliphatic imine (C=N–C) groups is 1. The lowest BCUT2D eigenvalue weighted by molar-refractivity contribution is -0.132. The SMILES string of the molecule is COc1cc(C=C2SC(=Nc3ccc(Cl)cc3)N(C)C2=O)ccc1OC(C)=O. The first kappa shape index (κ1) is 20.0. The van der Waals surface area contributed by atoms with Gasteiger partial charge in [-0.1, -0.05) is 17.7 Å². The second kappa shape index (κ2) is 8.50. The van der Waals surface area contributed by atoms with Crippen molar-refractivity contribution in [2.24, 2.45) is 4.99 Å². The summed E-state index contributed by atoms with van der Waals surface area (Å²) in [5.41, 5.74) is 1.45. The van der Waals surface area contributed by atoms with Crippen LogP contribution in [0.25, 0.3) is 6.08 Å². The molecular formula is C20H17ClN2O4S. The Labute approximate surface area is 171 Å². The number of carbonyl (C=O) groups excluding carboxylic acids is 2. The number of hydrogen-bond donors (Lipinski definition) is 0. The minimum Gasteiger partial charge on any atom is -0.493 e. The molecule has 2 aromatic carbocycles. The molecule has 0 atom stereocenters. The van der Waals surface area contributed by atoms with Crippen molar-refractivity contribution in [3.05, 3.63) is 58.0 Å². The van der Waals surface area contributed by atoms with Crippen LogP contribution in [0.5, 0.6) is 11.5 Å². The van der Waals surface area contributed by atoms with Crippen LogP contribution >= 0.6 is 23.4 Å². The fraction of sp³-hybridized carbons (Fsp3) is 0.150. The van der Waals surface area contributed by atoms with Gasteiger partial charge in [0.15, 0.2) is 16.7 Å². The Hall–Kier alpha value is -2.77. The number of carbonyl (C=O) groups is 2. The van der Waals surface area contributed by atoms with Crippen molar-refractivity contribution in [1.82, 2.24) is 4.90 Å². The molecule has 0 saturated carbocycles. The molecule has 1 saturated heterocycles. The minimum absolute atomic E-state index is 0.152. The molecule has 8 heteroatoms. The monoisotopic (exact) mass is 416 g/mol. The second-order valence-corrected chi connectivity index (χ2v) is 7.30. The van der Waals surface area contributed by atoms with Crippen molar-refractivity contribution in [3.8, 4) is 11.5 Å². The number of esters is 1. The molecule has 144 valence electrons. The van der Waals surface area contributed by atoms with E-state index in [1.807, 2.05) is 0 Å². The molecule has 0 spiro atoms. The number of rotatable bonds is 4. The molecule has 6 nitrogen and oxygen atoms in total. The molecule has 1 amide bonds. The number of ether oxygens (including phenoxy) is 2. The minimum atomic E-state index is -0.435. The Kier molecular flexibility index (Phi) is 6.06. The molecule has 0 aromatic heterocycles. The van der Waals surface area contributed by atoms with Crippen LogP contribution < -0.4 is 9.47 Å². The van der Waals surface area contributed by atoms with Crippen molar-refractivity contribution >= 4 is 52.2 Å². The Morgan fingerprint density at radius 3 is 2.54 bits per heavy atom. The summed E-state index contributed by atoms with van der Waals surface area (Å²) in [6, 6.07) is 12.1. The number of halogens is 1. The molecule has 0 bridgehead atoms. The fourth-order valence-corrected chi connectivity index (χ4v) is 3.56. The number of benzene rings is 2. The molecule has 3 rings (SSSR count). The first-order valence-electron chi connectivity index (χ1n) is 8.25. The zero-order chi connectivity index (χ0) is 20.3. The van der Waals surface area contributed by atoms with Gasteiger partial charge in [-0.25, -0.2) is 4.99 Å². The predicted octanol–water partition coefficient (Wildman–Crippen LogP) is 4.51. The average Bonchev–Trinajstić information content (AvgIpc) is 2.92. The Morgan fingerprint density at radius 2 is 1.89 bits per heavy atom. The maximum absolute atomic E-state index is 12.6. The summed E-state index contributed by atoms with van der Waals surface area (Å²) in [5, 5.41) is 1.20. The van der Waals surface area contributed by atoms with Crippen molar-refractivity contribution < 1.29 is 19.1 Å². The molecule has 1 heterocycles. The average molecular weight is 417 g/mol. The lowest BCUT2D eigenvalue weighted by Crippen LogP contribution is -2.23. The highest BCUT2D eigenvalue weighted by Gasteiger charge is 2.30. The number of hydrogen-bond acceptors (Lipinski definition) is 6. The van der Waals surface area contributed by atoms with E-state index in [1.54, 1.807) is 55.6 Å². The summed E-state index contributed by atoms with van der Waals surface area (Å²) < 4.78 is 10.4. The van der Waals surface area contributed by atoms with E-state index in [4.69, 9.17) is 21.1 Å². The number of amides is 1. The van der Waals surface area contributed by atoms with Gasteiger partial charge in [-0.3, -0.25) is 14.5 Å². The van der Waals surface area contributed by atoms with Gasteiger partial charge in [0, 0.05) is 19.0 Å². The third kappa shape index (κ3) is 4.55. The second-order valence-electron chi connectivity index (χ2n) is 5.85. The van der Waals surface area contributed by atoms with Crippen LogP contribution in [0.15, 0.2) is 52.4 Å². The van der Waals surface area contributed by atoms with Gasteiger partial charge >= 0.3 is 5.97 Å². The van der Waals surface area contributed by atoms with Gasteiger partial charge in [0.2, 0.25) is 0 Å². The first-order chi connectivity index (χ1) is 13.4. The van der Waals surface area contributed by atoms with Gasteiger partial charge in [0.1, 0.15) is 0 Å². The van der Waals surface area contributed by atoms with E-state index < -0.39 is 5.97 Å². The number of methoxy groups -OCH3 is 1. The van der Waals surface area contributed by atoms with E-state index >= 15 is 0 Å². The molecule has 1 aliphatic heterocycles. The molecule has 0 aliphatic carbocycles. The third-order valence-corrected chi connectivity index (χ3v) is 5.11. The van der Waals surface area contributed by atoms with Crippen molar-refractivity contribution in [1.29, 1.82) is 0 Å². The number of likely N-dealkylation sites (N-methyl/N-ethyl adjacent to an activating group) is 1. The lowest BCUT2D eigenvalue weighted by atomic mass is 10.2. The molecule has 28 heavy (non-hydrogen) atoms. The molecule has 1 fully saturated rings. The standard InChI is InChI=1S/C20H17ClN2O4S/c1-12(24)27-16-9-4-13(10-17(16)26-3)11-18-19(25)23(2)20(28-18)22-15-7-5-14(21)6-8-15/h4-11H,1-3H3. The van der Waals surface area contributed by atoms with E-state index in [0.717, 1.165) is 5.56 Å². The van der Waals surface area contributed by atoms with E-state index in [1.165, 1.54) is 30.7 Å². The van der Waals surface area contributed by atoms with Crippen molar-refractivity contribution in [2.45, 2.75) is 6.92 Å². The summed E-state index contributed by atoms with van der Waals surface area (Å²) in [7, 11) is 3.16. The molecule has 0 unspecified atom stereocenters. The normalized spacial score (nSPS) is 16.7. The van der Waals surface area contributed by atoms with Gasteiger partial charge in [0.25, 0.3) is 5.91 Å². The highest BCUT2D eigenvalue weighted by Crippen LogP contribution is 2.35. The van der Waals surface area contributed by atoms with E-state index in [2.05, 4.69) is 4.99 Å². The molecule has 0 radical (unpaired) electrons. The molecule has 0 N–H and O–H groups in total. The van der Waals surface area contributed by atoms with Crippen LogP contribution in [-0.2, 0) is 9.59 Å². The number of nitrogens with zero attached hydrogens (tertiary/aromatic N) is 2. The van der Waals surface area contributed by atoms with Crippen LogP contribution in [0.4, 0.5) is 5.69 Å². The zero-order valence-corrected chi connectivity index (χ0v) is 17.0. The van der Waals surface area contributed by atoms with Gasteiger partial charge in [-0.15, -0.1) is 0 Å². The van der Waals surface area contributed by atoms with Gasteiger partial charge in [-0.05, 0) is 59.8 Å². The molecular weight excluding hydrogens is 400 g/mol. The summed E-state index contributed by atoms with van der Waals surface area (Å²) in [5.74, 6) is 0.143. The molecule has 1 aliphatic rings. The number of thioether (sulfide) groups is 1. The highest BCUT2D eigenvalue weighted by atomic mass is 35.5. The predicted molar refractivity (Wildman–Crippen MR) is 111 cm³/mol. The van der Waals surface area contributed by atoms with Crippen LogP contribution in [0.1, 0.15) is 12.5 Å². The quantitative estimate of drug-likeness (QED) is 0.416. The third-order valence-electron chi connectivity index (χ3n) is 3.79. The van der Waals surface area contributed by atoms with E-state index in [-0.39, 0.29) is 5.91 Å². The van der Waals surface area contributed by atoms with Crippen LogP contribution in [0, 0.1) is 0 Å². The topological polar surface area (TPSA) is 68.2 Å². The largest absolute Gasteiger partial charge is 0.493 e. The zero-order valence-electron chi connectivity index (χ0n) is 15.4. The maximum atomic E-state index is 12.6. The maximum Gasteiger partial charge on any atom is 0.308 e. The summed E-state index contributed by atoms with van der Waals surface area (Å²) in [6.45, 7) is 1.32. The summed E-state index contributed by atoms with van der Waals surface area (Å²) in [6.07, 6.45) is 1.74. The van der Waals surface area contributed by atoms with Crippen LogP contribution in [0.3, 0.4) is 0 Å². The smallest absolute Gasteiger partial charge is 0.308 e. The highest BCUT2D eigenvalue weighted by molar-refractivity contribution is 8.18. The van der Waals surface area contributed by atoms with E-state index in [9.17, 15) is 9.59 Å². The van der Waals surface area contributed by atoms with E-state index in [0.29, 0.717) is 32.3 Å². The first-order valence-corrected chi connectivity index (χ1v) is 9.45. The van der Waals surface area contributed by atoms with Crippen LogP contribution in [0.2, 0.25) is 5.02 Å². The molecule has 2 aromatic rings. The summed E-state index contributed by atoms with van der Waals surface area (Å²) >= 11 is 7.17. The van der Waals surface area contributed by atoms with Crippen molar-refractivity contribution in [2.75, 3.05) is 14.2 Å². The summed E-state index contributed by atoms with van der Waals surface area (Å²) in [4.78, 5) is 30.3. The number of amidine groups is 1. The van der Waals surface area contributed by atoms with Crippen LogP contribution in [-0.4, -0.2) is 36.1 Å². The van der Waals surface area contributed by atoms with Gasteiger partial charge in [0.05, 0.1) is 17.7 Å². The Balaban J connectivity index is 1.87. The van der Waals surface area contributed by atoms with Gasteiger partial charge < -0.3 is 9.47 Å². The fourth-order valence-electron chi connectivity index (χ4n) is 2.44. The van der Waals surface area contributed by atoms with Crippen molar-refractivity contribution in [3.63, 3.8) is 0 Å². The Morgan fingerprint density at radius 1 is 1.18 bits per heavy atom. The Bertz CT molecular complexity index is 986. The lowest BCUT2D eigenvalue weighted by Gasteiger charge is -2.08.